The van der Waals surface area contributed by atoms with Gasteiger partial charge in [0.15, 0.2) is 0 Å². The van der Waals surface area contributed by atoms with Crippen LogP contribution in [0.5, 0.6) is 0 Å². The van der Waals surface area contributed by atoms with Crippen molar-refractivity contribution in [3.63, 3.8) is 0 Å². The quantitative estimate of drug-likeness (QED) is 0.289. The fourth-order valence-electron chi connectivity index (χ4n) is 5.22. The molecule has 2 heterocycles. The summed E-state index contributed by atoms with van der Waals surface area (Å²) in [6.07, 6.45) is 8.13. The molecule has 1 aliphatic rings. The van der Waals surface area contributed by atoms with Crippen molar-refractivity contribution in [2.24, 2.45) is 0 Å². The molecule has 3 aromatic rings. The number of fused-ring (bicyclic) bond motifs is 1. The smallest absolute Gasteiger partial charge is 0.305 e. The highest BCUT2D eigenvalue weighted by molar-refractivity contribution is 7.10. The fraction of sp³-hybridized carbons (Fsp3) is 0.464. The van der Waals surface area contributed by atoms with Gasteiger partial charge in [0.05, 0.1) is 23.7 Å². The lowest BCUT2D eigenvalue weighted by molar-refractivity contribution is -0.137. The zero-order chi connectivity index (χ0) is 26.5. The first-order valence-electron chi connectivity index (χ1n) is 13.0. The van der Waals surface area contributed by atoms with Crippen LogP contribution in [-0.4, -0.2) is 27.6 Å². The summed E-state index contributed by atoms with van der Waals surface area (Å²) in [5.74, 6) is -2.26. The van der Waals surface area contributed by atoms with Crippen LogP contribution < -0.4 is 16.1 Å². The second kappa shape index (κ2) is 11.9. The van der Waals surface area contributed by atoms with E-state index in [2.05, 4.69) is 10.6 Å². The lowest BCUT2D eigenvalue weighted by Crippen LogP contribution is -2.34. The van der Waals surface area contributed by atoms with E-state index in [4.69, 9.17) is 0 Å². The molecule has 0 aliphatic heterocycles. The lowest BCUT2D eigenvalue weighted by atomic mass is 9.95. The molecule has 1 fully saturated rings. The van der Waals surface area contributed by atoms with E-state index in [-0.39, 0.29) is 29.5 Å². The van der Waals surface area contributed by atoms with E-state index in [1.165, 1.54) is 23.8 Å². The largest absolute Gasteiger partial charge is 0.481 e. The number of pyridine rings is 1. The molecule has 4 rings (SSSR count). The van der Waals surface area contributed by atoms with Crippen LogP contribution in [0.2, 0.25) is 0 Å². The van der Waals surface area contributed by atoms with Crippen molar-refractivity contribution in [2.45, 2.75) is 83.3 Å². The first-order valence-corrected chi connectivity index (χ1v) is 13.9. The molecule has 0 spiro atoms. The molecular formula is C28H34FN3O4S. The summed E-state index contributed by atoms with van der Waals surface area (Å²) in [5, 5.41) is 17.4. The third kappa shape index (κ3) is 6.04. The van der Waals surface area contributed by atoms with E-state index in [0.29, 0.717) is 16.1 Å². The number of thiophene rings is 1. The Morgan fingerprint density at radius 2 is 1.92 bits per heavy atom. The van der Waals surface area contributed by atoms with Gasteiger partial charge in [-0.15, -0.1) is 11.3 Å². The number of anilines is 1. The molecule has 0 radical (unpaired) electrons. The van der Waals surface area contributed by atoms with Gasteiger partial charge in [-0.05, 0) is 49.3 Å². The minimum Gasteiger partial charge on any atom is -0.481 e. The second-order valence-electron chi connectivity index (χ2n) is 9.72. The number of halogens is 1. The molecule has 1 aromatic carbocycles. The average molecular weight is 528 g/mol. The maximum atomic E-state index is 15.2. The summed E-state index contributed by atoms with van der Waals surface area (Å²) in [7, 11) is 0. The monoisotopic (exact) mass is 527 g/mol. The van der Waals surface area contributed by atoms with Crippen molar-refractivity contribution >= 4 is 39.8 Å². The Labute approximate surface area is 219 Å². The Kier molecular flexibility index (Phi) is 8.63. The van der Waals surface area contributed by atoms with Crippen LogP contribution in [0, 0.1) is 5.82 Å². The van der Waals surface area contributed by atoms with Crippen molar-refractivity contribution in [1.82, 2.24) is 9.88 Å². The summed E-state index contributed by atoms with van der Waals surface area (Å²) in [4.78, 5) is 39.0. The number of hydrogen-bond donors (Lipinski definition) is 3. The highest BCUT2D eigenvalue weighted by Gasteiger charge is 2.25. The number of rotatable bonds is 10. The summed E-state index contributed by atoms with van der Waals surface area (Å²) >= 11 is 1.33. The van der Waals surface area contributed by atoms with Crippen molar-refractivity contribution in [1.29, 1.82) is 0 Å². The number of benzene rings is 1. The molecule has 1 amide bonds. The lowest BCUT2D eigenvalue weighted by Gasteiger charge is -2.26. The van der Waals surface area contributed by atoms with Crippen molar-refractivity contribution in [3.05, 3.63) is 62.3 Å². The standard InChI is InChI=1S/C28H34FN3O4S/c1-3-18(4-2)32-16-20(28(36)31-23(15-26(33)34)25-11-8-12-37-25)27(35)19-13-21(29)22(14-24(19)32)30-17-9-6-5-7-10-17/h8,11-14,16-18,23,30H,3-7,9-10,15H2,1-2H3,(H,31,36)(H,33,34). The molecule has 1 atom stereocenters. The Balaban J connectivity index is 1.77. The zero-order valence-corrected chi connectivity index (χ0v) is 22.1. The number of hydrogen-bond acceptors (Lipinski definition) is 5. The van der Waals surface area contributed by atoms with Gasteiger partial charge in [-0.3, -0.25) is 14.4 Å². The van der Waals surface area contributed by atoms with Gasteiger partial charge in [-0.2, -0.15) is 0 Å². The van der Waals surface area contributed by atoms with E-state index >= 15 is 4.39 Å². The molecule has 7 nitrogen and oxygen atoms in total. The average Bonchev–Trinajstić information content (AvgIpc) is 3.42. The second-order valence-corrected chi connectivity index (χ2v) is 10.7. The molecule has 9 heteroatoms. The van der Waals surface area contributed by atoms with Gasteiger partial charge in [-0.25, -0.2) is 4.39 Å². The van der Waals surface area contributed by atoms with Gasteiger partial charge in [0.25, 0.3) is 5.91 Å². The highest BCUT2D eigenvalue weighted by Crippen LogP contribution is 2.29. The summed E-state index contributed by atoms with van der Waals surface area (Å²) in [6.45, 7) is 4.06. The van der Waals surface area contributed by atoms with E-state index < -0.39 is 29.2 Å². The number of nitrogens with one attached hydrogen (secondary N) is 2. The SMILES string of the molecule is CCC(CC)n1cc(C(=O)NC(CC(=O)O)c2cccs2)c(=O)c2cc(F)c(NC3CCCCC3)cc21. The van der Waals surface area contributed by atoms with Crippen LogP contribution >= 0.6 is 11.3 Å². The highest BCUT2D eigenvalue weighted by atomic mass is 32.1. The van der Waals surface area contributed by atoms with Crippen molar-refractivity contribution < 1.29 is 19.1 Å². The number of carboxylic acid groups (broad SMARTS) is 1. The van der Waals surface area contributed by atoms with Gasteiger partial charge in [0.1, 0.15) is 11.4 Å². The number of aliphatic carboxylic acids is 1. The summed E-state index contributed by atoms with van der Waals surface area (Å²) < 4.78 is 17.1. The normalized spacial score (nSPS) is 15.1. The van der Waals surface area contributed by atoms with Crippen molar-refractivity contribution in [3.8, 4) is 0 Å². The van der Waals surface area contributed by atoms with Gasteiger partial charge in [0, 0.05) is 28.5 Å². The first-order chi connectivity index (χ1) is 17.8. The number of nitrogens with zero attached hydrogens (tertiary/aromatic N) is 1. The number of aromatic nitrogens is 1. The van der Waals surface area contributed by atoms with Crippen LogP contribution in [0.4, 0.5) is 10.1 Å². The number of carbonyl (C=O) groups is 2. The number of carboxylic acids is 1. The van der Waals surface area contributed by atoms with Crippen LogP contribution in [-0.2, 0) is 4.79 Å². The van der Waals surface area contributed by atoms with Crippen LogP contribution in [0.15, 0.2) is 40.6 Å². The fourth-order valence-corrected chi connectivity index (χ4v) is 5.99. The zero-order valence-electron chi connectivity index (χ0n) is 21.3. The minimum absolute atomic E-state index is 0.00486. The van der Waals surface area contributed by atoms with Gasteiger partial charge >= 0.3 is 5.97 Å². The molecule has 2 aromatic heterocycles. The molecule has 1 aliphatic carbocycles. The molecule has 1 unspecified atom stereocenters. The minimum atomic E-state index is -1.06. The van der Waals surface area contributed by atoms with E-state index in [9.17, 15) is 19.5 Å². The van der Waals surface area contributed by atoms with Crippen molar-refractivity contribution in [2.75, 3.05) is 5.32 Å². The molecule has 1 saturated carbocycles. The Hall–Kier alpha value is -3.20. The first kappa shape index (κ1) is 26.9. The van der Waals surface area contributed by atoms with Gasteiger partial charge in [-0.1, -0.05) is 39.2 Å². The van der Waals surface area contributed by atoms with Gasteiger partial charge < -0.3 is 20.3 Å². The Bertz CT molecular complexity index is 1310. The summed E-state index contributed by atoms with van der Waals surface area (Å²) in [5.41, 5.74) is 0.252. The predicted octanol–water partition coefficient (Wildman–Crippen LogP) is 6.25. The number of amides is 1. The topological polar surface area (TPSA) is 100 Å². The third-order valence-electron chi connectivity index (χ3n) is 7.24. The number of carbonyl (C=O) groups excluding carboxylic acids is 1. The predicted molar refractivity (Wildman–Crippen MR) is 145 cm³/mol. The molecular weight excluding hydrogens is 493 g/mol. The third-order valence-corrected chi connectivity index (χ3v) is 8.22. The van der Waals surface area contributed by atoms with E-state index in [0.717, 1.165) is 38.5 Å². The molecule has 37 heavy (non-hydrogen) atoms. The molecule has 0 bridgehead atoms. The van der Waals surface area contributed by atoms with Crippen LogP contribution in [0.1, 0.15) is 92.5 Å². The van der Waals surface area contributed by atoms with Gasteiger partial charge in [0.2, 0.25) is 5.43 Å². The Morgan fingerprint density at radius 1 is 1.19 bits per heavy atom. The van der Waals surface area contributed by atoms with E-state index in [1.54, 1.807) is 29.8 Å². The van der Waals surface area contributed by atoms with Crippen LogP contribution in [0.25, 0.3) is 10.9 Å². The maximum absolute atomic E-state index is 15.2. The molecule has 0 saturated heterocycles. The summed E-state index contributed by atoms with van der Waals surface area (Å²) in [6, 6.07) is 5.86. The van der Waals surface area contributed by atoms with Crippen LogP contribution in [0.3, 0.4) is 0 Å². The Morgan fingerprint density at radius 3 is 2.54 bits per heavy atom. The molecule has 3 N–H and O–H groups in total. The van der Waals surface area contributed by atoms with E-state index in [1.807, 2.05) is 18.4 Å². The molecule has 198 valence electrons. The maximum Gasteiger partial charge on any atom is 0.305 e.